The third kappa shape index (κ3) is 1.89. The second kappa shape index (κ2) is 4.05. The van der Waals surface area contributed by atoms with E-state index in [1.54, 1.807) is 6.07 Å². The highest BCUT2D eigenvalue weighted by Crippen LogP contribution is 2.52. The highest BCUT2D eigenvalue weighted by Gasteiger charge is 2.65. The van der Waals surface area contributed by atoms with Crippen LogP contribution in [0.2, 0.25) is 0 Å². The summed E-state index contributed by atoms with van der Waals surface area (Å²) >= 11 is 0. The van der Waals surface area contributed by atoms with Gasteiger partial charge < -0.3 is 9.88 Å². The molecule has 4 nitrogen and oxygen atoms in total. The number of hydrogen-bond donors (Lipinski definition) is 1. The van der Waals surface area contributed by atoms with Gasteiger partial charge in [-0.05, 0) is 25.7 Å². The largest absolute Gasteiger partial charge is 0.442 e. The van der Waals surface area contributed by atoms with Crippen LogP contribution < -0.4 is 0 Å². The van der Waals surface area contributed by atoms with Crippen LogP contribution in [0.25, 0.3) is 10.9 Å². The van der Waals surface area contributed by atoms with Gasteiger partial charge in [0.1, 0.15) is 0 Å². The van der Waals surface area contributed by atoms with Gasteiger partial charge in [0.05, 0.1) is 0 Å². The molecule has 0 saturated carbocycles. The van der Waals surface area contributed by atoms with Crippen LogP contribution in [0.3, 0.4) is 0 Å². The lowest BCUT2D eigenvalue weighted by Crippen LogP contribution is -2.30. The number of halogens is 3. The molecule has 0 unspecified atom stereocenters. The van der Waals surface area contributed by atoms with Crippen LogP contribution in [0, 0.1) is 0 Å². The quantitative estimate of drug-likeness (QED) is 0.921. The van der Waals surface area contributed by atoms with Crippen LogP contribution in [0.15, 0.2) is 34.6 Å². The Labute approximate surface area is 113 Å². The molecule has 0 fully saturated rings. The number of nitrogens with one attached hydrogen (secondary N) is 1. The maximum atomic E-state index is 13.0. The van der Waals surface area contributed by atoms with Crippen molar-refractivity contribution in [2.24, 2.45) is 10.2 Å². The zero-order chi connectivity index (χ0) is 14.5. The van der Waals surface area contributed by atoms with Gasteiger partial charge in [0.2, 0.25) is 0 Å². The monoisotopic (exact) mass is 282 g/mol. The van der Waals surface area contributed by atoms with Crippen molar-refractivity contribution in [1.82, 2.24) is 9.88 Å². The van der Waals surface area contributed by atoms with E-state index in [4.69, 9.17) is 0 Å². The van der Waals surface area contributed by atoms with Gasteiger partial charge in [0.15, 0.2) is 0 Å². The Bertz CT molecular complexity index is 678. The van der Waals surface area contributed by atoms with Gasteiger partial charge in [-0.1, -0.05) is 12.1 Å². The van der Waals surface area contributed by atoms with Gasteiger partial charge in [0, 0.05) is 29.2 Å². The van der Waals surface area contributed by atoms with Crippen molar-refractivity contribution in [2.45, 2.75) is 18.4 Å². The zero-order valence-corrected chi connectivity index (χ0v) is 11.0. The SMILES string of the molecule is CN(C)Cc1c[nH]c2cc(C3(C(F)(F)F)N=N3)ccc12. The van der Waals surface area contributed by atoms with Crippen molar-refractivity contribution in [3.8, 4) is 0 Å². The van der Waals surface area contributed by atoms with Crippen molar-refractivity contribution >= 4 is 10.9 Å². The molecule has 7 heteroatoms. The first-order chi connectivity index (χ1) is 9.33. The first-order valence-electron chi connectivity index (χ1n) is 6.09. The minimum Gasteiger partial charge on any atom is -0.361 e. The van der Waals surface area contributed by atoms with E-state index in [0.29, 0.717) is 5.52 Å². The van der Waals surface area contributed by atoms with Gasteiger partial charge in [-0.25, -0.2) is 0 Å². The molecule has 1 aliphatic heterocycles. The summed E-state index contributed by atoms with van der Waals surface area (Å²) in [7, 11) is 3.88. The Morgan fingerprint density at radius 1 is 1.25 bits per heavy atom. The Morgan fingerprint density at radius 3 is 2.50 bits per heavy atom. The molecular weight excluding hydrogens is 269 g/mol. The summed E-state index contributed by atoms with van der Waals surface area (Å²) in [6.07, 6.45) is -2.67. The summed E-state index contributed by atoms with van der Waals surface area (Å²) in [5.74, 6) is 0. The highest BCUT2D eigenvalue weighted by atomic mass is 19.4. The zero-order valence-electron chi connectivity index (χ0n) is 11.0. The van der Waals surface area contributed by atoms with E-state index < -0.39 is 11.8 Å². The third-order valence-corrected chi connectivity index (χ3v) is 3.35. The van der Waals surface area contributed by atoms with Crippen molar-refractivity contribution in [2.75, 3.05) is 14.1 Å². The number of alkyl halides is 3. The van der Waals surface area contributed by atoms with Gasteiger partial charge in [0.25, 0.3) is 0 Å². The molecule has 2 heterocycles. The summed E-state index contributed by atoms with van der Waals surface area (Å²) in [4.78, 5) is 5.01. The van der Waals surface area contributed by atoms with Crippen molar-refractivity contribution in [3.63, 3.8) is 0 Å². The van der Waals surface area contributed by atoms with Gasteiger partial charge in [-0.2, -0.15) is 13.2 Å². The summed E-state index contributed by atoms with van der Waals surface area (Å²) in [5, 5.41) is 7.35. The molecule has 0 radical (unpaired) electrons. The molecule has 0 amide bonds. The van der Waals surface area contributed by atoms with E-state index in [1.165, 1.54) is 12.1 Å². The maximum Gasteiger partial charge on any atom is 0.442 e. The molecule has 1 aromatic heterocycles. The molecule has 3 rings (SSSR count). The topological polar surface area (TPSA) is 43.8 Å². The number of aromatic amines is 1. The van der Waals surface area contributed by atoms with E-state index >= 15 is 0 Å². The van der Waals surface area contributed by atoms with Gasteiger partial charge in [-0.3, -0.25) is 0 Å². The molecule has 0 spiro atoms. The van der Waals surface area contributed by atoms with Crippen molar-refractivity contribution in [1.29, 1.82) is 0 Å². The minimum absolute atomic E-state index is 0.0516. The first-order valence-corrected chi connectivity index (χ1v) is 6.09. The Balaban J connectivity index is 2.01. The summed E-state index contributed by atoms with van der Waals surface area (Å²) in [6, 6.07) is 4.61. The predicted molar refractivity (Wildman–Crippen MR) is 68.3 cm³/mol. The number of hydrogen-bond acceptors (Lipinski definition) is 3. The Kier molecular flexibility index (Phi) is 2.66. The van der Waals surface area contributed by atoms with Crippen LogP contribution in [-0.2, 0) is 12.2 Å². The van der Waals surface area contributed by atoms with E-state index in [1.807, 2.05) is 25.2 Å². The predicted octanol–water partition coefficient (Wildman–Crippen LogP) is 3.41. The fraction of sp³-hybridized carbons (Fsp3) is 0.385. The molecule has 1 aromatic carbocycles. The number of benzene rings is 1. The number of H-pyrrole nitrogens is 1. The van der Waals surface area contributed by atoms with Crippen molar-refractivity contribution in [3.05, 3.63) is 35.5 Å². The second-order valence-electron chi connectivity index (χ2n) is 5.18. The lowest BCUT2D eigenvalue weighted by molar-refractivity contribution is -0.166. The van der Waals surface area contributed by atoms with E-state index in [0.717, 1.165) is 17.5 Å². The van der Waals surface area contributed by atoms with Gasteiger partial charge >= 0.3 is 11.8 Å². The second-order valence-corrected chi connectivity index (χ2v) is 5.18. The molecule has 20 heavy (non-hydrogen) atoms. The number of rotatable bonds is 3. The van der Waals surface area contributed by atoms with E-state index in [9.17, 15) is 13.2 Å². The molecule has 0 atom stereocenters. The molecular formula is C13H13F3N4. The standard InChI is InChI=1S/C13H13F3N4/c1-20(2)7-8-6-17-11-5-9(3-4-10(8)11)12(18-19-12)13(14,15)16/h3-6,17H,7H2,1-2H3. The lowest BCUT2D eigenvalue weighted by atomic mass is 10.0. The lowest BCUT2D eigenvalue weighted by Gasteiger charge is -2.14. The van der Waals surface area contributed by atoms with Crippen LogP contribution in [0.5, 0.6) is 0 Å². The third-order valence-electron chi connectivity index (χ3n) is 3.35. The number of nitrogens with zero attached hydrogens (tertiary/aromatic N) is 3. The Hall–Kier alpha value is -1.89. The number of aromatic nitrogens is 1. The maximum absolute atomic E-state index is 13.0. The highest BCUT2D eigenvalue weighted by molar-refractivity contribution is 5.84. The fourth-order valence-electron chi connectivity index (χ4n) is 2.32. The van der Waals surface area contributed by atoms with Crippen molar-refractivity contribution < 1.29 is 13.2 Å². The number of fused-ring (bicyclic) bond motifs is 1. The minimum atomic E-state index is -4.49. The molecule has 1 N–H and O–H groups in total. The molecule has 0 saturated heterocycles. The van der Waals surface area contributed by atoms with E-state index in [2.05, 4.69) is 15.2 Å². The smallest absolute Gasteiger partial charge is 0.361 e. The average molecular weight is 282 g/mol. The van der Waals surface area contributed by atoms with Gasteiger partial charge in [-0.15, -0.1) is 10.2 Å². The van der Waals surface area contributed by atoms with Crippen LogP contribution in [0.4, 0.5) is 13.2 Å². The fourth-order valence-corrected chi connectivity index (χ4v) is 2.32. The molecule has 0 bridgehead atoms. The Morgan fingerprint density at radius 2 is 1.95 bits per heavy atom. The summed E-state index contributed by atoms with van der Waals surface area (Å²) < 4.78 is 38.9. The molecule has 0 aliphatic carbocycles. The normalized spacial score (nSPS) is 17.1. The van der Waals surface area contributed by atoms with Crippen LogP contribution in [-0.4, -0.2) is 30.2 Å². The summed E-state index contributed by atoms with van der Waals surface area (Å²) in [6.45, 7) is 0.721. The molecule has 1 aliphatic rings. The average Bonchev–Trinajstić information content (AvgIpc) is 3.08. The van der Waals surface area contributed by atoms with Crippen LogP contribution in [0.1, 0.15) is 11.1 Å². The van der Waals surface area contributed by atoms with Crippen LogP contribution >= 0.6 is 0 Å². The summed E-state index contributed by atoms with van der Waals surface area (Å²) in [5.41, 5.74) is -0.591. The first kappa shape index (κ1) is 13.1. The molecule has 2 aromatic rings. The van der Waals surface area contributed by atoms with E-state index in [-0.39, 0.29) is 5.56 Å². The molecule has 106 valence electrons.